The third-order valence-corrected chi connectivity index (χ3v) is 9.81. The Morgan fingerprint density at radius 1 is 0.426 bits per heavy atom. The van der Waals surface area contributed by atoms with Gasteiger partial charge >= 0.3 is 0 Å². The second-order valence-corrected chi connectivity index (χ2v) is 12.5. The minimum atomic E-state index is 0.646. The fourth-order valence-electron chi connectivity index (χ4n) is 7.24. The summed E-state index contributed by atoms with van der Waals surface area (Å²) in [6.45, 7) is 0. The third kappa shape index (κ3) is 4.26. The molecule has 3 nitrogen and oxygen atoms in total. The fraction of sp³-hybridized carbons (Fsp3) is 0. The number of nitriles is 1. The van der Waals surface area contributed by atoms with Gasteiger partial charge in [0.15, 0.2) is 16.3 Å². The molecule has 0 N–H and O–H groups in total. The van der Waals surface area contributed by atoms with Crippen LogP contribution in [0, 0.1) is 11.3 Å². The van der Waals surface area contributed by atoms with Crippen LogP contribution in [-0.2, 0) is 0 Å². The topological polar surface area (TPSA) is 33.6 Å². The molecule has 7 aromatic carbocycles. The number of aromatic nitrogens is 2. The lowest BCUT2D eigenvalue weighted by atomic mass is 9.96. The van der Waals surface area contributed by atoms with Crippen LogP contribution in [0.5, 0.6) is 0 Å². The highest BCUT2D eigenvalue weighted by molar-refractivity contribution is 6.35. The average Bonchev–Trinajstić information content (AvgIpc) is 3.64. The van der Waals surface area contributed by atoms with E-state index in [-0.39, 0.29) is 0 Å². The van der Waals surface area contributed by atoms with E-state index >= 15 is 0 Å². The van der Waals surface area contributed by atoms with Crippen molar-refractivity contribution in [3.05, 3.63) is 163 Å². The number of benzene rings is 7. The first kappa shape index (κ1) is 27.5. The van der Waals surface area contributed by atoms with E-state index in [2.05, 4.69) is 177 Å². The molecule has 0 spiro atoms. The van der Waals surface area contributed by atoms with Gasteiger partial charge in [-0.1, -0.05) is 103 Å². The molecule has 0 amide bonds. The first-order valence-corrected chi connectivity index (χ1v) is 16.3. The third-order valence-electron chi connectivity index (χ3n) is 9.32. The van der Waals surface area contributed by atoms with E-state index in [0.717, 1.165) is 54.4 Å². The van der Waals surface area contributed by atoms with Crippen LogP contribution in [0.2, 0.25) is 0 Å². The van der Waals surface area contributed by atoms with Gasteiger partial charge in [0.1, 0.15) is 0 Å². The molecule has 0 bridgehead atoms. The standard InChI is InChI=1S/C43H26N3.Al/c44-28-32-14-11-21-42(46-38-19-9-7-17-34(38)35-18-8-10-20-39(35)46)43(32)31-23-25-41-37(27-31)36-26-30(29-12-3-1-4-13-29)22-24-40(36)45(41)33-15-5-2-6-16-33;/h1-15,17-27H;. The zero-order valence-corrected chi connectivity index (χ0v) is 26.6. The molecule has 0 fully saturated rings. The Morgan fingerprint density at radius 3 is 1.64 bits per heavy atom. The van der Waals surface area contributed by atoms with Crippen LogP contribution in [0.25, 0.3) is 77.2 Å². The highest BCUT2D eigenvalue weighted by Gasteiger charge is 2.20. The molecular weight excluding hydrogens is 585 g/mol. The van der Waals surface area contributed by atoms with Gasteiger partial charge in [0.2, 0.25) is 0 Å². The van der Waals surface area contributed by atoms with Crippen LogP contribution in [0.4, 0.5) is 0 Å². The van der Waals surface area contributed by atoms with Gasteiger partial charge in [-0.15, -0.1) is 4.43 Å². The van der Waals surface area contributed by atoms with Gasteiger partial charge in [-0.2, -0.15) is 5.26 Å². The summed E-state index contributed by atoms with van der Waals surface area (Å²) in [5.74, 6) is 0. The van der Waals surface area contributed by atoms with Gasteiger partial charge < -0.3 is 9.13 Å². The van der Waals surface area contributed by atoms with Crippen molar-refractivity contribution < 1.29 is 0 Å². The van der Waals surface area contributed by atoms with Crippen LogP contribution >= 0.6 is 0 Å². The Bertz CT molecular complexity index is 2650. The van der Waals surface area contributed by atoms with Crippen LogP contribution in [-0.4, -0.2) is 25.4 Å². The lowest BCUT2D eigenvalue weighted by Crippen LogP contribution is -2.11. The SMILES string of the molecule is N#Cc1cccc(-n2c3ccccc3c3ccccc32)c1-c1ccc2c(c1)c1cc(-c3ccccc3)ccc1n2-c1cccc[c]1[Al]. The number of hydrogen-bond donors (Lipinski definition) is 0. The quantitative estimate of drug-likeness (QED) is 0.182. The van der Waals surface area contributed by atoms with Gasteiger partial charge in [-0.25, -0.2) is 0 Å². The van der Waals surface area contributed by atoms with Crippen LogP contribution in [0.15, 0.2) is 158 Å². The monoisotopic (exact) mass is 611 g/mol. The van der Waals surface area contributed by atoms with Crippen molar-refractivity contribution in [2.45, 2.75) is 0 Å². The summed E-state index contributed by atoms with van der Waals surface area (Å²) in [7, 11) is 0. The van der Waals surface area contributed by atoms with E-state index in [4.69, 9.17) is 0 Å². The molecule has 9 aromatic rings. The summed E-state index contributed by atoms with van der Waals surface area (Å²) in [4.78, 5) is 0. The molecule has 0 aliphatic rings. The van der Waals surface area contributed by atoms with Crippen LogP contribution in [0.3, 0.4) is 0 Å². The second-order valence-electron chi connectivity index (χ2n) is 11.9. The first-order valence-electron chi connectivity index (χ1n) is 15.7. The molecule has 0 saturated carbocycles. The molecule has 0 aliphatic carbocycles. The van der Waals surface area contributed by atoms with Gasteiger partial charge in [0.05, 0.1) is 39.4 Å². The maximum Gasteiger partial charge on any atom is 0.179 e. The largest absolute Gasteiger partial charge is 0.311 e. The number of hydrogen-bond acceptors (Lipinski definition) is 1. The molecule has 2 heterocycles. The van der Waals surface area contributed by atoms with E-state index < -0.39 is 0 Å². The Kier molecular flexibility index (Phi) is 6.37. The zero-order chi connectivity index (χ0) is 31.5. The summed E-state index contributed by atoms with van der Waals surface area (Å²) in [5.41, 5.74) is 11.6. The number of fused-ring (bicyclic) bond motifs is 6. The smallest absolute Gasteiger partial charge is 0.179 e. The van der Waals surface area contributed by atoms with E-state index in [9.17, 15) is 5.26 Å². The van der Waals surface area contributed by atoms with Crippen molar-refractivity contribution in [1.29, 1.82) is 5.26 Å². The van der Waals surface area contributed by atoms with E-state index in [1.807, 2.05) is 12.1 Å². The molecule has 2 radical (unpaired) electrons. The van der Waals surface area contributed by atoms with Crippen molar-refractivity contribution in [3.63, 3.8) is 0 Å². The minimum absolute atomic E-state index is 0.646. The molecule has 9 rings (SSSR count). The summed E-state index contributed by atoms with van der Waals surface area (Å²) >= 11 is 2.90. The average molecular weight is 612 g/mol. The Balaban J connectivity index is 1.37. The van der Waals surface area contributed by atoms with Gasteiger partial charge in [-0.05, 0) is 71.3 Å². The van der Waals surface area contributed by atoms with Crippen molar-refractivity contribution in [2.24, 2.45) is 0 Å². The highest BCUT2D eigenvalue weighted by atomic mass is 27.0. The number of nitrogens with zero attached hydrogens (tertiary/aromatic N) is 3. The highest BCUT2D eigenvalue weighted by Crippen LogP contribution is 2.41. The molecule has 0 atom stereocenters. The maximum absolute atomic E-state index is 10.5. The predicted octanol–water partition coefficient (Wildman–Crippen LogP) is 9.88. The van der Waals surface area contributed by atoms with Crippen molar-refractivity contribution in [3.8, 4) is 39.7 Å². The van der Waals surface area contributed by atoms with Crippen molar-refractivity contribution in [2.75, 3.05) is 0 Å². The Morgan fingerprint density at radius 2 is 0.957 bits per heavy atom. The van der Waals surface area contributed by atoms with E-state index in [0.29, 0.717) is 5.56 Å². The van der Waals surface area contributed by atoms with Gasteiger partial charge in [0, 0.05) is 32.8 Å². The Hall–Kier alpha value is -5.84. The summed E-state index contributed by atoms with van der Waals surface area (Å²) in [6.07, 6.45) is 0. The normalized spacial score (nSPS) is 11.5. The maximum atomic E-state index is 10.5. The summed E-state index contributed by atoms with van der Waals surface area (Å²) in [6, 6.07) is 58.1. The predicted molar refractivity (Wildman–Crippen MR) is 196 cm³/mol. The molecule has 0 saturated heterocycles. The lowest BCUT2D eigenvalue weighted by Gasteiger charge is -2.16. The lowest BCUT2D eigenvalue weighted by molar-refractivity contribution is 1.18. The number of rotatable bonds is 4. The zero-order valence-electron chi connectivity index (χ0n) is 25.4. The fourth-order valence-corrected chi connectivity index (χ4v) is 7.58. The molecule has 216 valence electrons. The van der Waals surface area contributed by atoms with Crippen molar-refractivity contribution in [1.82, 2.24) is 9.13 Å². The first-order chi connectivity index (χ1) is 23.2. The molecule has 2 aromatic heterocycles. The molecule has 0 unspecified atom stereocenters. The molecule has 4 heteroatoms. The van der Waals surface area contributed by atoms with Crippen LogP contribution in [0.1, 0.15) is 5.56 Å². The second kappa shape index (κ2) is 10.9. The summed E-state index contributed by atoms with van der Waals surface area (Å²) < 4.78 is 5.80. The van der Waals surface area contributed by atoms with Crippen molar-refractivity contribution >= 4 is 64.3 Å². The summed E-state index contributed by atoms with van der Waals surface area (Å²) in [5, 5.41) is 15.2. The van der Waals surface area contributed by atoms with Gasteiger partial charge in [0.25, 0.3) is 0 Å². The van der Waals surface area contributed by atoms with E-state index in [1.165, 1.54) is 27.3 Å². The molecular formula is C43H26AlN3. The van der Waals surface area contributed by atoms with Gasteiger partial charge in [-0.3, -0.25) is 0 Å². The molecule has 47 heavy (non-hydrogen) atoms. The molecule has 0 aliphatic heterocycles. The Labute approximate surface area is 280 Å². The van der Waals surface area contributed by atoms with E-state index in [1.54, 1.807) is 0 Å². The minimum Gasteiger partial charge on any atom is -0.311 e. The van der Waals surface area contributed by atoms with Crippen LogP contribution < -0.4 is 4.43 Å². The number of para-hydroxylation sites is 3.